The van der Waals surface area contributed by atoms with Gasteiger partial charge in [0.1, 0.15) is 5.88 Å². The van der Waals surface area contributed by atoms with Crippen molar-refractivity contribution in [2.45, 2.75) is 6.04 Å². The summed E-state index contributed by atoms with van der Waals surface area (Å²) in [5, 5.41) is 3.96. The van der Waals surface area contributed by atoms with E-state index in [-0.39, 0.29) is 17.8 Å². The van der Waals surface area contributed by atoms with Crippen LogP contribution in [0.3, 0.4) is 0 Å². The first-order chi connectivity index (χ1) is 12.3. The SMILES string of the molecule is O=C(CCl)N1NC(c2ccc3ccccc3c2)=C[C@@H]1c1ccccc1. The van der Waals surface area contributed by atoms with E-state index in [1.807, 2.05) is 42.5 Å². The highest BCUT2D eigenvalue weighted by Crippen LogP contribution is 2.32. The Balaban J connectivity index is 1.74. The van der Waals surface area contributed by atoms with Crippen molar-refractivity contribution >= 4 is 34.0 Å². The number of benzene rings is 3. The Morgan fingerprint density at radius 1 is 0.960 bits per heavy atom. The van der Waals surface area contributed by atoms with Crippen molar-refractivity contribution in [3.05, 3.63) is 90.0 Å². The standard InChI is InChI=1S/C21H17ClN2O/c22-14-21(25)24-20(16-7-2-1-3-8-16)13-19(23-24)18-11-10-15-6-4-5-9-17(15)12-18/h1-13,20,23H,14H2/t20-/m1/s1. The number of nitrogens with zero attached hydrogens (tertiary/aromatic N) is 1. The molecular weight excluding hydrogens is 332 g/mol. The van der Waals surface area contributed by atoms with Crippen molar-refractivity contribution < 1.29 is 4.79 Å². The number of amides is 1. The Kier molecular flexibility index (Phi) is 4.16. The van der Waals surface area contributed by atoms with E-state index in [4.69, 9.17) is 11.6 Å². The maximum Gasteiger partial charge on any atom is 0.256 e. The van der Waals surface area contributed by atoms with E-state index in [0.29, 0.717) is 0 Å². The van der Waals surface area contributed by atoms with Gasteiger partial charge in [-0.05, 0) is 34.0 Å². The van der Waals surface area contributed by atoms with Gasteiger partial charge in [0.05, 0.1) is 11.7 Å². The molecule has 1 heterocycles. The second-order valence-corrected chi connectivity index (χ2v) is 6.27. The highest BCUT2D eigenvalue weighted by atomic mass is 35.5. The summed E-state index contributed by atoms with van der Waals surface area (Å²) in [6, 6.07) is 24.3. The first kappa shape index (κ1) is 15.7. The van der Waals surface area contributed by atoms with E-state index in [0.717, 1.165) is 16.8 Å². The Hall–Kier alpha value is -2.78. The molecule has 3 nitrogen and oxygen atoms in total. The maximum absolute atomic E-state index is 12.3. The number of halogens is 1. The summed E-state index contributed by atoms with van der Waals surface area (Å²) in [6.45, 7) is 0. The highest BCUT2D eigenvalue weighted by Gasteiger charge is 2.30. The number of alkyl halides is 1. The fraction of sp³-hybridized carbons (Fsp3) is 0.0952. The van der Waals surface area contributed by atoms with Crippen molar-refractivity contribution in [3.8, 4) is 0 Å². The van der Waals surface area contributed by atoms with Crippen molar-refractivity contribution in [1.82, 2.24) is 10.4 Å². The molecule has 0 bridgehead atoms. The van der Waals surface area contributed by atoms with Crippen LogP contribution in [0.4, 0.5) is 0 Å². The number of fused-ring (bicyclic) bond motifs is 1. The lowest BCUT2D eigenvalue weighted by Crippen LogP contribution is -2.40. The Bertz CT molecular complexity index is 952. The molecule has 0 radical (unpaired) electrons. The molecule has 1 aliphatic heterocycles. The van der Waals surface area contributed by atoms with E-state index < -0.39 is 0 Å². The monoisotopic (exact) mass is 348 g/mol. The number of carbonyl (C=O) groups is 1. The average molecular weight is 349 g/mol. The number of nitrogens with one attached hydrogen (secondary N) is 1. The Morgan fingerprint density at radius 2 is 1.68 bits per heavy atom. The molecule has 0 fully saturated rings. The van der Waals surface area contributed by atoms with Gasteiger partial charge >= 0.3 is 0 Å². The molecule has 0 spiro atoms. The van der Waals surface area contributed by atoms with Crippen molar-refractivity contribution in [1.29, 1.82) is 0 Å². The molecule has 0 saturated carbocycles. The lowest BCUT2D eigenvalue weighted by Gasteiger charge is -2.24. The summed E-state index contributed by atoms with van der Waals surface area (Å²) in [4.78, 5) is 12.3. The Labute approximate surface area is 151 Å². The number of hydrazine groups is 1. The van der Waals surface area contributed by atoms with E-state index in [2.05, 4.69) is 41.8 Å². The first-order valence-electron chi connectivity index (χ1n) is 8.17. The van der Waals surface area contributed by atoms with Gasteiger partial charge in [-0.1, -0.05) is 66.7 Å². The molecule has 1 atom stereocenters. The van der Waals surface area contributed by atoms with Gasteiger partial charge in [-0.15, -0.1) is 11.6 Å². The second kappa shape index (κ2) is 6.61. The molecule has 3 aromatic carbocycles. The lowest BCUT2D eigenvalue weighted by atomic mass is 10.0. The van der Waals surface area contributed by atoms with Gasteiger partial charge in [0.15, 0.2) is 0 Å². The third-order valence-electron chi connectivity index (χ3n) is 4.43. The minimum atomic E-state index is -0.172. The minimum Gasteiger partial charge on any atom is -0.295 e. The van der Waals surface area contributed by atoms with Crippen LogP contribution < -0.4 is 5.43 Å². The number of hydrogen-bond acceptors (Lipinski definition) is 2. The van der Waals surface area contributed by atoms with E-state index in [1.54, 1.807) is 5.01 Å². The molecule has 1 N–H and O–H groups in total. The third kappa shape index (κ3) is 2.99. The molecule has 1 aliphatic rings. The predicted molar refractivity (Wildman–Crippen MR) is 102 cm³/mol. The van der Waals surface area contributed by atoms with Crippen LogP contribution >= 0.6 is 11.6 Å². The van der Waals surface area contributed by atoms with Crippen molar-refractivity contribution in [2.75, 3.05) is 5.88 Å². The molecule has 0 saturated heterocycles. The van der Waals surface area contributed by atoms with Crippen LogP contribution in [0.15, 0.2) is 78.9 Å². The van der Waals surface area contributed by atoms with E-state index in [1.165, 1.54) is 10.8 Å². The fourth-order valence-electron chi connectivity index (χ4n) is 3.16. The zero-order chi connectivity index (χ0) is 17.2. The third-order valence-corrected chi connectivity index (χ3v) is 4.66. The van der Waals surface area contributed by atoms with Crippen molar-refractivity contribution in [2.24, 2.45) is 0 Å². The molecule has 124 valence electrons. The van der Waals surface area contributed by atoms with Crippen LogP contribution in [0, 0.1) is 0 Å². The zero-order valence-corrected chi connectivity index (χ0v) is 14.3. The van der Waals surface area contributed by atoms with E-state index in [9.17, 15) is 4.79 Å². The quantitative estimate of drug-likeness (QED) is 0.706. The maximum atomic E-state index is 12.3. The van der Waals surface area contributed by atoms with Gasteiger partial charge in [0.2, 0.25) is 0 Å². The Morgan fingerprint density at radius 3 is 2.44 bits per heavy atom. The number of carbonyl (C=O) groups excluding carboxylic acids is 1. The summed E-state index contributed by atoms with van der Waals surface area (Å²) in [7, 11) is 0. The van der Waals surface area contributed by atoms with E-state index >= 15 is 0 Å². The fourth-order valence-corrected chi connectivity index (χ4v) is 3.29. The second-order valence-electron chi connectivity index (χ2n) is 6.01. The van der Waals surface area contributed by atoms with Crippen LogP contribution in [0.5, 0.6) is 0 Å². The van der Waals surface area contributed by atoms with Crippen LogP contribution in [0.25, 0.3) is 16.5 Å². The first-order valence-corrected chi connectivity index (χ1v) is 8.70. The van der Waals surface area contributed by atoms with Gasteiger partial charge in [0.25, 0.3) is 5.91 Å². The number of hydrogen-bond donors (Lipinski definition) is 1. The van der Waals surface area contributed by atoms with Crippen molar-refractivity contribution in [3.63, 3.8) is 0 Å². The van der Waals surface area contributed by atoms with Gasteiger partial charge < -0.3 is 0 Å². The molecule has 0 aliphatic carbocycles. The van der Waals surface area contributed by atoms with Gasteiger partial charge in [0, 0.05) is 0 Å². The minimum absolute atomic E-state index is 0.0603. The van der Waals surface area contributed by atoms with Crippen LogP contribution in [0.2, 0.25) is 0 Å². The largest absolute Gasteiger partial charge is 0.295 e. The molecule has 0 aromatic heterocycles. The normalized spacial score (nSPS) is 16.6. The summed E-state index contributed by atoms with van der Waals surface area (Å²) in [5.74, 6) is -0.211. The lowest BCUT2D eigenvalue weighted by molar-refractivity contribution is -0.131. The van der Waals surface area contributed by atoms with Crippen LogP contribution in [-0.2, 0) is 4.79 Å². The topological polar surface area (TPSA) is 32.3 Å². The van der Waals surface area contributed by atoms with Gasteiger partial charge in [-0.3, -0.25) is 10.2 Å². The summed E-state index contributed by atoms with van der Waals surface area (Å²) >= 11 is 5.80. The number of rotatable bonds is 3. The molecule has 4 heteroatoms. The molecule has 1 amide bonds. The molecular formula is C21H17ClN2O. The van der Waals surface area contributed by atoms with Gasteiger partial charge in [-0.2, -0.15) is 0 Å². The van der Waals surface area contributed by atoms with Crippen LogP contribution in [-0.4, -0.2) is 16.8 Å². The van der Waals surface area contributed by atoms with Gasteiger partial charge in [-0.25, -0.2) is 5.01 Å². The summed E-state index contributed by atoms with van der Waals surface area (Å²) in [6.07, 6.45) is 2.07. The van der Waals surface area contributed by atoms with Crippen LogP contribution in [0.1, 0.15) is 17.2 Å². The summed E-state index contributed by atoms with van der Waals surface area (Å²) < 4.78 is 0. The summed E-state index contributed by atoms with van der Waals surface area (Å²) in [5.41, 5.74) is 6.24. The smallest absolute Gasteiger partial charge is 0.256 e. The zero-order valence-electron chi connectivity index (χ0n) is 13.5. The molecule has 3 aromatic rings. The molecule has 0 unspecified atom stereocenters. The molecule has 25 heavy (non-hydrogen) atoms. The predicted octanol–water partition coefficient (Wildman–Crippen LogP) is 4.51. The molecule has 4 rings (SSSR count). The highest BCUT2D eigenvalue weighted by molar-refractivity contribution is 6.27. The average Bonchev–Trinajstić information content (AvgIpc) is 3.13.